The van der Waals surface area contributed by atoms with Crippen molar-refractivity contribution in [1.29, 1.82) is 15.8 Å². The molecule has 186 valence electrons. The van der Waals surface area contributed by atoms with E-state index in [1.54, 1.807) is 44.2 Å². The Bertz CT molecular complexity index is 1190. The number of unbranched alkanes of at least 4 members (excludes halogenated alkanes) is 2. The maximum atomic E-state index is 10.5. The summed E-state index contributed by atoms with van der Waals surface area (Å²) in [4.78, 5) is 2.33. The molecule has 0 saturated heterocycles. The zero-order chi connectivity index (χ0) is 26.6. The third-order valence-electron chi connectivity index (χ3n) is 5.88. The van der Waals surface area contributed by atoms with Crippen LogP contribution in [0.3, 0.4) is 0 Å². The summed E-state index contributed by atoms with van der Waals surface area (Å²) < 4.78 is 5.75. The van der Waals surface area contributed by atoms with Crippen molar-refractivity contribution in [2.75, 3.05) is 18.0 Å². The van der Waals surface area contributed by atoms with Gasteiger partial charge in [-0.25, -0.2) is 0 Å². The Morgan fingerprint density at radius 1 is 0.972 bits per heavy atom. The van der Waals surface area contributed by atoms with Crippen LogP contribution in [0, 0.1) is 34.0 Å². The quantitative estimate of drug-likeness (QED) is 0.273. The van der Waals surface area contributed by atoms with Crippen LogP contribution in [-0.4, -0.2) is 23.8 Å². The number of benzene rings is 1. The lowest BCUT2D eigenvalue weighted by Crippen LogP contribution is -2.25. The topological polar surface area (TPSA) is 104 Å². The molecule has 36 heavy (non-hydrogen) atoms. The van der Waals surface area contributed by atoms with Crippen molar-refractivity contribution in [3.8, 4) is 24.0 Å². The van der Waals surface area contributed by atoms with Crippen LogP contribution in [0.1, 0.15) is 58.9 Å². The Kier molecular flexibility index (Phi) is 10.6. The fourth-order valence-corrected chi connectivity index (χ4v) is 3.86. The molecule has 0 aromatic heterocycles. The van der Waals surface area contributed by atoms with E-state index in [1.165, 1.54) is 0 Å². The van der Waals surface area contributed by atoms with Gasteiger partial charge < -0.3 is 14.7 Å². The van der Waals surface area contributed by atoms with E-state index in [0.29, 0.717) is 5.57 Å². The van der Waals surface area contributed by atoms with E-state index in [4.69, 9.17) is 15.3 Å². The molecule has 0 spiro atoms. The van der Waals surface area contributed by atoms with Crippen LogP contribution in [0.25, 0.3) is 6.08 Å². The molecule has 2 rings (SSSR count). The van der Waals surface area contributed by atoms with Gasteiger partial charge in [0, 0.05) is 36.0 Å². The summed E-state index contributed by atoms with van der Waals surface area (Å²) in [6, 6.07) is 11.4. The molecule has 1 heterocycles. The first-order chi connectivity index (χ1) is 17.3. The molecule has 0 unspecified atom stereocenters. The van der Waals surface area contributed by atoms with Crippen molar-refractivity contribution >= 4 is 11.8 Å². The Morgan fingerprint density at radius 3 is 2.11 bits per heavy atom. The predicted octanol–water partition coefficient (Wildman–Crippen LogP) is 6.85. The van der Waals surface area contributed by atoms with Crippen LogP contribution < -0.4 is 4.90 Å². The first-order valence-electron chi connectivity index (χ1n) is 12.3. The third-order valence-corrected chi connectivity index (χ3v) is 5.88. The normalized spacial score (nSPS) is 14.8. The summed E-state index contributed by atoms with van der Waals surface area (Å²) in [5, 5.41) is 38.4. The van der Waals surface area contributed by atoms with Crippen molar-refractivity contribution in [3.63, 3.8) is 0 Å². The van der Waals surface area contributed by atoms with E-state index in [9.17, 15) is 10.4 Å². The molecule has 0 saturated carbocycles. The summed E-state index contributed by atoms with van der Waals surface area (Å²) in [6.45, 7) is 9.90. The van der Waals surface area contributed by atoms with Crippen molar-refractivity contribution < 1.29 is 9.84 Å². The highest BCUT2D eigenvalue weighted by molar-refractivity contribution is 5.64. The van der Waals surface area contributed by atoms with Crippen LogP contribution >= 0.6 is 0 Å². The maximum Gasteiger partial charge on any atom is 0.172 e. The number of rotatable bonds is 11. The lowest BCUT2D eigenvalue weighted by Gasteiger charge is -2.25. The number of anilines is 1. The Balaban J connectivity index is 2.15. The molecule has 0 fully saturated rings. The average Bonchev–Trinajstić information content (AvgIpc) is 3.12. The minimum absolute atomic E-state index is 0.0258. The van der Waals surface area contributed by atoms with Crippen LogP contribution in [0.2, 0.25) is 0 Å². The molecule has 0 bridgehead atoms. The second-order valence-corrected chi connectivity index (χ2v) is 8.98. The summed E-state index contributed by atoms with van der Waals surface area (Å²) in [5.41, 5.74) is 1.50. The highest BCUT2D eigenvalue weighted by Gasteiger charge is 2.38. The minimum atomic E-state index is -0.838. The fourth-order valence-electron chi connectivity index (χ4n) is 3.86. The molecule has 1 aromatic rings. The van der Waals surface area contributed by atoms with Gasteiger partial charge in [-0.3, -0.25) is 0 Å². The van der Waals surface area contributed by atoms with Crippen molar-refractivity contribution in [2.45, 2.75) is 59.0 Å². The second-order valence-electron chi connectivity index (χ2n) is 8.98. The number of hydrogen-bond donors (Lipinski definition) is 1. The Morgan fingerprint density at radius 2 is 1.58 bits per heavy atom. The van der Waals surface area contributed by atoms with Crippen LogP contribution in [0.4, 0.5) is 5.69 Å². The summed E-state index contributed by atoms with van der Waals surface area (Å²) in [6.07, 6.45) is 15.3. The van der Waals surface area contributed by atoms with E-state index in [0.717, 1.165) is 50.0 Å². The molecular formula is C30H34N4O2. The molecular weight excluding hydrogens is 448 g/mol. The molecule has 6 nitrogen and oxygen atoms in total. The SMILES string of the molecule is CCCCN(CCCC)c1ccc(/C=C/C=C/C=C/C2=C(C#N)C(=C(C#N)C#N)OC2(C)C)c(O)c1. The standard InChI is InChI=1S/C30H34N4O2/c1-5-7-17-34(18-8-6-2)25-16-15-23(28(35)19-25)13-11-9-10-12-14-27-26(22-33)29(24(20-31)21-32)36-30(27,3)4/h9-16,19,35H,5-8,17-18H2,1-4H3/b10-9+,13-11+,14-12+. The summed E-state index contributed by atoms with van der Waals surface area (Å²) >= 11 is 0. The summed E-state index contributed by atoms with van der Waals surface area (Å²) in [7, 11) is 0. The van der Waals surface area contributed by atoms with E-state index in [1.807, 2.05) is 36.4 Å². The molecule has 1 aliphatic heterocycles. The Hall–Kier alpha value is -4.21. The lowest BCUT2D eigenvalue weighted by atomic mass is 9.95. The van der Waals surface area contributed by atoms with Gasteiger partial charge in [-0.15, -0.1) is 0 Å². The Labute approximate surface area is 215 Å². The predicted molar refractivity (Wildman–Crippen MR) is 144 cm³/mol. The van der Waals surface area contributed by atoms with Crippen LogP contribution in [-0.2, 0) is 4.74 Å². The van der Waals surface area contributed by atoms with Crippen LogP contribution in [0.15, 0.2) is 71.1 Å². The fraction of sp³-hybridized carbons (Fsp3) is 0.367. The number of nitrogens with zero attached hydrogens (tertiary/aromatic N) is 4. The average molecular weight is 483 g/mol. The highest BCUT2D eigenvalue weighted by Crippen LogP contribution is 2.40. The monoisotopic (exact) mass is 482 g/mol. The van der Waals surface area contributed by atoms with E-state index >= 15 is 0 Å². The molecule has 0 radical (unpaired) electrons. The number of phenolic OH excluding ortho intramolecular Hbond substituents is 1. The number of allylic oxidation sites excluding steroid dienone is 6. The number of nitriles is 3. The zero-order valence-electron chi connectivity index (χ0n) is 21.6. The third kappa shape index (κ3) is 7.14. The van der Waals surface area contributed by atoms with Gasteiger partial charge in [0.1, 0.15) is 35.1 Å². The van der Waals surface area contributed by atoms with E-state index in [-0.39, 0.29) is 22.7 Å². The number of phenols is 1. The first-order valence-corrected chi connectivity index (χ1v) is 12.3. The second kappa shape index (κ2) is 13.6. The molecule has 0 aliphatic carbocycles. The molecule has 0 atom stereocenters. The number of aromatic hydroxyl groups is 1. The van der Waals surface area contributed by atoms with Gasteiger partial charge in [-0.1, -0.05) is 63.1 Å². The van der Waals surface area contributed by atoms with E-state index < -0.39 is 5.60 Å². The first kappa shape index (κ1) is 28.0. The van der Waals surface area contributed by atoms with Gasteiger partial charge in [0.2, 0.25) is 0 Å². The van der Waals surface area contributed by atoms with Crippen molar-refractivity contribution in [1.82, 2.24) is 0 Å². The van der Waals surface area contributed by atoms with Gasteiger partial charge in [-0.2, -0.15) is 15.8 Å². The molecule has 0 amide bonds. The molecule has 6 heteroatoms. The van der Waals surface area contributed by atoms with Gasteiger partial charge in [0.15, 0.2) is 11.3 Å². The molecule has 1 aromatic carbocycles. The minimum Gasteiger partial charge on any atom is -0.507 e. The van der Waals surface area contributed by atoms with Gasteiger partial charge in [-0.05, 0) is 38.8 Å². The van der Waals surface area contributed by atoms with Gasteiger partial charge in [0.05, 0.1) is 0 Å². The maximum absolute atomic E-state index is 10.5. The van der Waals surface area contributed by atoms with Crippen molar-refractivity contribution in [2.24, 2.45) is 0 Å². The number of hydrogen-bond acceptors (Lipinski definition) is 6. The summed E-state index contributed by atoms with van der Waals surface area (Å²) in [5.74, 6) is 0.266. The highest BCUT2D eigenvalue weighted by atomic mass is 16.5. The zero-order valence-corrected chi connectivity index (χ0v) is 21.6. The number of ether oxygens (including phenoxy) is 1. The van der Waals surface area contributed by atoms with Gasteiger partial charge >= 0.3 is 0 Å². The van der Waals surface area contributed by atoms with Crippen molar-refractivity contribution in [3.05, 3.63) is 76.6 Å². The molecule has 1 N–H and O–H groups in total. The van der Waals surface area contributed by atoms with Gasteiger partial charge in [0.25, 0.3) is 0 Å². The smallest absolute Gasteiger partial charge is 0.172 e. The van der Waals surface area contributed by atoms with E-state index in [2.05, 4.69) is 24.8 Å². The lowest BCUT2D eigenvalue weighted by molar-refractivity contribution is 0.0954. The van der Waals surface area contributed by atoms with Crippen LogP contribution in [0.5, 0.6) is 5.75 Å². The molecule has 1 aliphatic rings. The largest absolute Gasteiger partial charge is 0.507 e.